The molecule has 1 aliphatic heterocycles. The van der Waals surface area contributed by atoms with E-state index in [2.05, 4.69) is 67.0 Å². The average Bonchev–Trinajstić information content (AvgIpc) is 2.45. The highest BCUT2D eigenvalue weighted by Gasteiger charge is 2.18. The molecule has 1 heterocycles. The molecule has 1 N–H and O–H groups in total. The minimum absolute atomic E-state index is 0.448. The fraction of sp³-hybridized carbons (Fsp3) is 0.625. The van der Waals surface area contributed by atoms with Crippen molar-refractivity contribution in [3.05, 3.63) is 29.8 Å². The molecule has 2 atom stereocenters. The molecule has 2 unspecified atom stereocenters. The maximum Gasteiger partial charge on any atom is 0.0369 e. The van der Waals surface area contributed by atoms with Gasteiger partial charge >= 0.3 is 0 Å². The Bertz CT molecular complexity index is 377. The molecular formula is C16H26N2S. The first-order chi connectivity index (χ1) is 9.22. The summed E-state index contributed by atoms with van der Waals surface area (Å²) in [6, 6.07) is 10.2. The lowest BCUT2D eigenvalue weighted by atomic mass is 10.1. The van der Waals surface area contributed by atoms with Crippen molar-refractivity contribution in [1.29, 1.82) is 0 Å². The minimum atomic E-state index is 0.448. The lowest BCUT2D eigenvalue weighted by Gasteiger charge is -2.35. The number of hydrogen-bond donors (Lipinski definition) is 1. The van der Waals surface area contributed by atoms with Gasteiger partial charge in [-0.3, -0.25) is 0 Å². The van der Waals surface area contributed by atoms with Gasteiger partial charge in [0, 0.05) is 35.8 Å². The maximum atomic E-state index is 3.54. The van der Waals surface area contributed by atoms with Crippen molar-refractivity contribution in [2.24, 2.45) is 0 Å². The first-order valence-electron chi connectivity index (χ1n) is 7.40. The van der Waals surface area contributed by atoms with E-state index in [9.17, 15) is 0 Å². The van der Waals surface area contributed by atoms with Crippen molar-refractivity contribution >= 4 is 17.4 Å². The smallest absolute Gasteiger partial charge is 0.0369 e. The average molecular weight is 278 g/mol. The van der Waals surface area contributed by atoms with E-state index in [4.69, 9.17) is 0 Å². The summed E-state index contributed by atoms with van der Waals surface area (Å²) in [6.07, 6.45) is 1.19. The van der Waals surface area contributed by atoms with Crippen LogP contribution in [0.1, 0.15) is 38.8 Å². The van der Waals surface area contributed by atoms with E-state index in [1.54, 1.807) is 0 Å². The molecule has 19 heavy (non-hydrogen) atoms. The highest BCUT2D eigenvalue weighted by molar-refractivity contribution is 7.99. The molecule has 0 spiro atoms. The molecule has 0 bridgehead atoms. The van der Waals surface area contributed by atoms with Gasteiger partial charge in [0.1, 0.15) is 0 Å². The van der Waals surface area contributed by atoms with Crippen LogP contribution in [0.4, 0.5) is 5.69 Å². The number of nitrogens with zero attached hydrogens (tertiary/aromatic N) is 1. The lowest BCUT2D eigenvalue weighted by molar-refractivity contribution is 0.570. The molecule has 0 saturated carbocycles. The topological polar surface area (TPSA) is 15.3 Å². The van der Waals surface area contributed by atoms with Crippen molar-refractivity contribution in [3.63, 3.8) is 0 Å². The number of rotatable bonds is 5. The predicted octanol–water partition coefficient (Wildman–Crippen LogP) is 3.69. The molecule has 1 aliphatic rings. The van der Waals surface area contributed by atoms with Crippen LogP contribution >= 0.6 is 11.8 Å². The van der Waals surface area contributed by atoms with Gasteiger partial charge in [0.05, 0.1) is 0 Å². The second-order valence-corrected chi connectivity index (χ2v) is 6.53. The second kappa shape index (κ2) is 7.20. The highest BCUT2D eigenvalue weighted by Crippen LogP contribution is 2.25. The van der Waals surface area contributed by atoms with Crippen LogP contribution in [0.15, 0.2) is 24.3 Å². The van der Waals surface area contributed by atoms with Gasteiger partial charge in [-0.1, -0.05) is 19.1 Å². The molecular weight excluding hydrogens is 252 g/mol. The largest absolute Gasteiger partial charge is 0.367 e. The monoisotopic (exact) mass is 278 g/mol. The molecule has 1 saturated heterocycles. The van der Waals surface area contributed by atoms with Crippen LogP contribution in [-0.4, -0.2) is 30.6 Å². The second-order valence-electron chi connectivity index (χ2n) is 5.38. The van der Waals surface area contributed by atoms with Gasteiger partial charge < -0.3 is 10.2 Å². The Balaban J connectivity index is 2.01. The fourth-order valence-electron chi connectivity index (χ4n) is 2.54. The first-order valence-corrected chi connectivity index (χ1v) is 8.55. The molecule has 0 aromatic heterocycles. The summed E-state index contributed by atoms with van der Waals surface area (Å²) < 4.78 is 0. The van der Waals surface area contributed by atoms with Gasteiger partial charge in [0.2, 0.25) is 0 Å². The van der Waals surface area contributed by atoms with Crippen molar-refractivity contribution in [2.75, 3.05) is 29.5 Å². The van der Waals surface area contributed by atoms with E-state index in [1.807, 2.05) is 0 Å². The summed E-state index contributed by atoms with van der Waals surface area (Å²) >= 11 is 2.07. The van der Waals surface area contributed by atoms with Crippen LogP contribution < -0.4 is 10.2 Å². The molecule has 2 rings (SSSR count). The van der Waals surface area contributed by atoms with Gasteiger partial charge in [-0.05, 0) is 44.5 Å². The highest BCUT2D eigenvalue weighted by atomic mass is 32.2. The number of benzene rings is 1. The van der Waals surface area contributed by atoms with Crippen molar-refractivity contribution in [2.45, 2.75) is 39.3 Å². The zero-order valence-corrected chi connectivity index (χ0v) is 13.2. The zero-order chi connectivity index (χ0) is 13.7. The SMILES string of the molecule is CCCNC(C)c1ccc(N2CCSCC2C)cc1. The maximum absolute atomic E-state index is 3.54. The summed E-state index contributed by atoms with van der Waals surface area (Å²) in [5.41, 5.74) is 2.76. The first kappa shape index (κ1) is 14.7. The van der Waals surface area contributed by atoms with Gasteiger partial charge in [-0.2, -0.15) is 11.8 Å². The molecule has 106 valence electrons. The molecule has 0 radical (unpaired) electrons. The molecule has 0 aliphatic carbocycles. The van der Waals surface area contributed by atoms with Gasteiger partial charge in [-0.25, -0.2) is 0 Å². The van der Waals surface area contributed by atoms with E-state index in [-0.39, 0.29) is 0 Å². The van der Waals surface area contributed by atoms with Crippen LogP contribution in [0.3, 0.4) is 0 Å². The Morgan fingerprint density at radius 2 is 2.11 bits per heavy atom. The predicted molar refractivity (Wildman–Crippen MR) is 87.3 cm³/mol. The van der Waals surface area contributed by atoms with Crippen molar-refractivity contribution in [1.82, 2.24) is 5.32 Å². The Labute approximate surface area is 122 Å². The summed E-state index contributed by atoms with van der Waals surface area (Å²) in [4.78, 5) is 2.53. The molecule has 1 aromatic rings. The Morgan fingerprint density at radius 1 is 1.37 bits per heavy atom. The van der Waals surface area contributed by atoms with Crippen molar-refractivity contribution < 1.29 is 0 Å². The number of nitrogens with one attached hydrogen (secondary N) is 1. The van der Waals surface area contributed by atoms with Crippen LogP contribution in [0.25, 0.3) is 0 Å². The summed E-state index contributed by atoms with van der Waals surface area (Å²) in [6.45, 7) is 9.03. The number of anilines is 1. The Hall–Kier alpha value is -0.670. The van der Waals surface area contributed by atoms with Crippen molar-refractivity contribution in [3.8, 4) is 0 Å². The summed E-state index contributed by atoms with van der Waals surface area (Å²) in [5, 5.41) is 3.54. The number of thioether (sulfide) groups is 1. The van der Waals surface area contributed by atoms with Crippen LogP contribution in [0, 0.1) is 0 Å². The van der Waals surface area contributed by atoms with E-state index < -0.39 is 0 Å². The zero-order valence-electron chi connectivity index (χ0n) is 12.4. The molecule has 1 aromatic carbocycles. The van der Waals surface area contributed by atoms with Gasteiger partial charge in [0.25, 0.3) is 0 Å². The molecule has 2 nitrogen and oxygen atoms in total. The third-order valence-corrected chi connectivity index (χ3v) is 4.98. The van der Waals surface area contributed by atoms with Crippen LogP contribution in [-0.2, 0) is 0 Å². The standard InChI is InChI=1S/C16H26N2S/c1-4-9-17-14(3)15-5-7-16(8-6-15)18-10-11-19-12-13(18)2/h5-8,13-14,17H,4,9-12H2,1-3H3. The van der Waals surface area contributed by atoms with Crippen LogP contribution in [0.5, 0.6) is 0 Å². The van der Waals surface area contributed by atoms with Crippen LogP contribution in [0.2, 0.25) is 0 Å². The lowest BCUT2D eigenvalue weighted by Crippen LogP contribution is -2.40. The normalized spacial score (nSPS) is 21.4. The quantitative estimate of drug-likeness (QED) is 0.884. The Morgan fingerprint density at radius 3 is 2.74 bits per heavy atom. The Kier molecular flexibility index (Phi) is 5.59. The van der Waals surface area contributed by atoms with E-state index in [0.717, 1.165) is 6.54 Å². The number of hydrogen-bond acceptors (Lipinski definition) is 3. The van der Waals surface area contributed by atoms with E-state index in [1.165, 1.54) is 35.7 Å². The third-order valence-electron chi connectivity index (χ3n) is 3.79. The minimum Gasteiger partial charge on any atom is -0.367 e. The summed E-state index contributed by atoms with van der Waals surface area (Å²) in [5.74, 6) is 2.50. The van der Waals surface area contributed by atoms with E-state index in [0.29, 0.717) is 12.1 Å². The third kappa shape index (κ3) is 3.90. The summed E-state index contributed by atoms with van der Waals surface area (Å²) in [7, 11) is 0. The van der Waals surface area contributed by atoms with Gasteiger partial charge in [-0.15, -0.1) is 0 Å². The molecule has 3 heteroatoms. The fourth-order valence-corrected chi connectivity index (χ4v) is 3.56. The van der Waals surface area contributed by atoms with Gasteiger partial charge in [0.15, 0.2) is 0 Å². The van der Waals surface area contributed by atoms with E-state index >= 15 is 0 Å². The molecule has 0 amide bonds. The molecule has 1 fully saturated rings.